The lowest BCUT2D eigenvalue weighted by Gasteiger charge is -2.38. The number of rotatable bonds is 6. The standard InChI is InChI=1S/C23H31N3O6S/c1-23(16-8-10-19(32-2)11-9-16)21(28)25(22(29)24-23)14-20(27)26(17-6-4-3-5-7-17)18-12-13-33(30,31)15-18/h8-11,17-18H,3-7,12-15H2,1-2H3,(H,24,29). The molecule has 1 aliphatic carbocycles. The van der Waals surface area contributed by atoms with Crippen molar-refractivity contribution in [2.45, 2.75) is 63.1 Å². The molecule has 180 valence electrons. The molecule has 4 rings (SSSR count). The Hall–Kier alpha value is -2.62. The highest BCUT2D eigenvalue weighted by atomic mass is 32.2. The van der Waals surface area contributed by atoms with E-state index in [0.29, 0.717) is 17.7 Å². The van der Waals surface area contributed by atoms with Gasteiger partial charge < -0.3 is 15.0 Å². The molecule has 1 N–H and O–H groups in total. The lowest BCUT2D eigenvalue weighted by molar-refractivity contribution is -0.142. The van der Waals surface area contributed by atoms with Crippen LogP contribution in [0.15, 0.2) is 24.3 Å². The number of imide groups is 1. The van der Waals surface area contributed by atoms with Crippen LogP contribution in [0.4, 0.5) is 4.79 Å². The summed E-state index contributed by atoms with van der Waals surface area (Å²) in [6, 6.07) is 5.74. The smallest absolute Gasteiger partial charge is 0.325 e. The molecule has 33 heavy (non-hydrogen) atoms. The van der Waals surface area contributed by atoms with Gasteiger partial charge in [0.1, 0.15) is 17.8 Å². The second-order valence-corrected chi connectivity index (χ2v) is 11.6. The minimum absolute atomic E-state index is 0.0566. The largest absolute Gasteiger partial charge is 0.497 e. The molecular weight excluding hydrogens is 446 g/mol. The summed E-state index contributed by atoms with van der Waals surface area (Å²) < 4.78 is 29.4. The maximum absolute atomic E-state index is 13.5. The van der Waals surface area contributed by atoms with E-state index in [-0.39, 0.29) is 23.5 Å². The minimum Gasteiger partial charge on any atom is -0.497 e. The van der Waals surface area contributed by atoms with Crippen molar-refractivity contribution in [3.63, 3.8) is 0 Å². The van der Waals surface area contributed by atoms with Crippen LogP contribution in [0.2, 0.25) is 0 Å². The van der Waals surface area contributed by atoms with Crippen molar-refractivity contribution in [3.05, 3.63) is 29.8 Å². The van der Waals surface area contributed by atoms with Crippen molar-refractivity contribution in [2.24, 2.45) is 0 Å². The average molecular weight is 478 g/mol. The molecule has 2 heterocycles. The first-order valence-corrected chi connectivity index (χ1v) is 13.3. The van der Waals surface area contributed by atoms with Crippen LogP contribution in [-0.2, 0) is 25.0 Å². The fourth-order valence-corrected chi connectivity index (χ4v) is 6.95. The van der Waals surface area contributed by atoms with Gasteiger partial charge in [0.25, 0.3) is 5.91 Å². The molecule has 0 bridgehead atoms. The maximum Gasteiger partial charge on any atom is 0.325 e. The van der Waals surface area contributed by atoms with Gasteiger partial charge in [-0.2, -0.15) is 0 Å². The number of sulfone groups is 1. The summed E-state index contributed by atoms with van der Waals surface area (Å²) >= 11 is 0. The van der Waals surface area contributed by atoms with Gasteiger partial charge >= 0.3 is 6.03 Å². The van der Waals surface area contributed by atoms with E-state index in [1.54, 1.807) is 43.2 Å². The van der Waals surface area contributed by atoms with Gasteiger partial charge in [-0.3, -0.25) is 14.5 Å². The molecule has 2 unspecified atom stereocenters. The Morgan fingerprint density at radius 3 is 2.36 bits per heavy atom. The number of ether oxygens (including phenoxy) is 1. The fourth-order valence-electron chi connectivity index (χ4n) is 5.24. The topological polar surface area (TPSA) is 113 Å². The molecule has 1 aromatic rings. The minimum atomic E-state index is -3.19. The number of amides is 4. The van der Waals surface area contributed by atoms with Crippen LogP contribution in [0, 0.1) is 0 Å². The summed E-state index contributed by atoms with van der Waals surface area (Å²) in [6.07, 6.45) is 5.07. The van der Waals surface area contributed by atoms with Crippen molar-refractivity contribution < 1.29 is 27.5 Å². The number of hydrogen-bond donors (Lipinski definition) is 1. The molecule has 1 saturated carbocycles. The normalized spacial score (nSPS) is 27.5. The summed E-state index contributed by atoms with van der Waals surface area (Å²) in [7, 11) is -1.64. The monoisotopic (exact) mass is 477 g/mol. The number of hydrogen-bond acceptors (Lipinski definition) is 6. The molecule has 0 aromatic heterocycles. The molecule has 2 saturated heterocycles. The predicted molar refractivity (Wildman–Crippen MR) is 121 cm³/mol. The molecular formula is C23H31N3O6S. The first-order chi connectivity index (χ1) is 15.6. The van der Waals surface area contributed by atoms with Crippen molar-refractivity contribution in [3.8, 4) is 5.75 Å². The third-order valence-corrected chi connectivity index (χ3v) is 8.84. The van der Waals surface area contributed by atoms with Crippen LogP contribution in [0.5, 0.6) is 5.75 Å². The molecule has 4 amide bonds. The van der Waals surface area contributed by atoms with Crippen LogP contribution in [0.1, 0.15) is 51.0 Å². The Kier molecular flexibility index (Phi) is 6.39. The van der Waals surface area contributed by atoms with E-state index in [2.05, 4.69) is 5.32 Å². The molecule has 3 fully saturated rings. The number of urea groups is 1. The quantitative estimate of drug-likeness (QED) is 0.626. The van der Waals surface area contributed by atoms with Crippen LogP contribution < -0.4 is 10.1 Å². The van der Waals surface area contributed by atoms with Gasteiger partial charge in [0, 0.05) is 12.1 Å². The fraction of sp³-hybridized carbons (Fsp3) is 0.609. The molecule has 0 spiro atoms. The van der Waals surface area contributed by atoms with Gasteiger partial charge in [-0.05, 0) is 43.9 Å². The number of nitrogens with one attached hydrogen (secondary N) is 1. The highest BCUT2D eigenvalue weighted by Gasteiger charge is 2.50. The molecule has 3 aliphatic rings. The Morgan fingerprint density at radius 2 is 1.79 bits per heavy atom. The van der Waals surface area contributed by atoms with Gasteiger partial charge in [-0.15, -0.1) is 0 Å². The van der Waals surface area contributed by atoms with E-state index in [1.807, 2.05) is 0 Å². The van der Waals surface area contributed by atoms with E-state index in [1.165, 1.54) is 0 Å². The molecule has 9 nitrogen and oxygen atoms in total. The first-order valence-electron chi connectivity index (χ1n) is 11.4. The number of carbonyl (C=O) groups excluding carboxylic acids is 3. The van der Waals surface area contributed by atoms with Crippen molar-refractivity contribution >= 4 is 27.7 Å². The number of nitrogens with zero attached hydrogens (tertiary/aromatic N) is 2. The Morgan fingerprint density at radius 1 is 1.12 bits per heavy atom. The van der Waals surface area contributed by atoms with Crippen LogP contribution in [0.25, 0.3) is 0 Å². The van der Waals surface area contributed by atoms with Gasteiger partial charge in [0.05, 0.1) is 18.6 Å². The molecule has 0 radical (unpaired) electrons. The van der Waals surface area contributed by atoms with Gasteiger partial charge in [0.2, 0.25) is 5.91 Å². The van der Waals surface area contributed by atoms with Gasteiger partial charge in [-0.25, -0.2) is 13.2 Å². The van der Waals surface area contributed by atoms with Crippen molar-refractivity contribution in [2.75, 3.05) is 25.2 Å². The summed E-state index contributed by atoms with van der Waals surface area (Å²) in [5, 5.41) is 2.72. The van der Waals surface area contributed by atoms with Crippen LogP contribution in [-0.4, -0.2) is 73.3 Å². The predicted octanol–water partition coefficient (Wildman–Crippen LogP) is 1.81. The zero-order valence-electron chi connectivity index (χ0n) is 19.1. The lowest BCUT2D eigenvalue weighted by Crippen LogP contribution is -2.53. The third-order valence-electron chi connectivity index (χ3n) is 7.09. The van der Waals surface area contributed by atoms with Crippen LogP contribution >= 0.6 is 0 Å². The zero-order chi connectivity index (χ0) is 23.8. The Bertz CT molecular complexity index is 1030. The highest BCUT2D eigenvalue weighted by molar-refractivity contribution is 7.91. The van der Waals surface area contributed by atoms with E-state index < -0.39 is 39.9 Å². The van der Waals surface area contributed by atoms with Gasteiger partial charge in [0.15, 0.2) is 9.84 Å². The van der Waals surface area contributed by atoms with Crippen molar-refractivity contribution in [1.29, 1.82) is 0 Å². The van der Waals surface area contributed by atoms with E-state index >= 15 is 0 Å². The van der Waals surface area contributed by atoms with Crippen LogP contribution in [0.3, 0.4) is 0 Å². The summed E-state index contributed by atoms with van der Waals surface area (Å²) in [6.45, 7) is 1.21. The average Bonchev–Trinajstić information content (AvgIpc) is 3.26. The van der Waals surface area contributed by atoms with Gasteiger partial charge in [-0.1, -0.05) is 31.4 Å². The summed E-state index contributed by atoms with van der Waals surface area (Å²) in [5.74, 6) is -0.243. The first kappa shape index (κ1) is 23.5. The Labute approximate surface area is 194 Å². The van der Waals surface area contributed by atoms with E-state index in [4.69, 9.17) is 4.74 Å². The lowest BCUT2D eigenvalue weighted by atomic mass is 9.92. The third kappa shape index (κ3) is 4.58. The molecule has 10 heteroatoms. The van der Waals surface area contributed by atoms with E-state index in [9.17, 15) is 22.8 Å². The highest BCUT2D eigenvalue weighted by Crippen LogP contribution is 2.32. The SMILES string of the molecule is COc1ccc(C2(C)NC(=O)N(CC(=O)N(C3CCCCC3)C3CCS(=O)(=O)C3)C2=O)cc1. The van der Waals surface area contributed by atoms with Crippen molar-refractivity contribution in [1.82, 2.24) is 15.1 Å². The number of benzene rings is 1. The zero-order valence-corrected chi connectivity index (χ0v) is 19.9. The van der Waals surface area contributed by atoms with E-state index in [0.717, 1.165) is 37.0 Å². The summed E-state index contributed by atoms with van der Waals surface area (Å²) in [5.41, 5.74) is -0.710. The Balaban J connectivity index is 1.54. The number of methoxy groups -OCH3 is 1. The molecule has 2 atom stereocenters. The maximum atomic E-state index is 13.5. The summed E-state index contributed by atoms with van der Waals surface area (Å²) in [4.78, 5) is 42.1. The second kappa shape index (κ2) is 8.96. The molecule has 2 aliphatic heterocycles. The number of carbonyl (C=O) groups is 3. The second-order valence-electron chi connectivity index (χ2n) is 9.32. The molecule has 1 aromatic carbocycles.